The molecule has 2 aromatic carbocycles. The van der Waals surface area contributed by atoms with Gasteiger partial charge in [-0.15, -0.1) is 0 Å². The van der Waals surface area contributed by atoms with E-state index in [4.69, 9.17) is 18.9 Å². The SMILES string of the molecule is COc1ccc(CCN2COc3ccc4c(c3C2)OC(=C(C)C)C4=O)cc1OC. The van der Waals surface area contributed by atoms with Crippen LogP contribution in [0.3, 0.4) is 0 Å². The van der Waals surface area contributed by atoms with Gasteiger partial charge in [-0.25, -0.2) is 0 Å². The highest BCUT2D eigenvalue weighted by atomic mass is 16.5. The quantitative estimate of drug-likeness (QED) is 0.714. The summed E-state index contributed by atoms with van der Waals surface area (Å²) in [5, 5.41) is 0. The van der Waals surface area contributed by atoms with Gasteiger partial charge in [0, 0.05) is 13.1 Å². The molecule has 2 aromatic rings. The average molecular weight is 395 g/mol. The lowest BCUT2D eigenvalue weighted by Gasteiger charge is -2.29. The zero-order valence-corrected chi connectivity index (χ0v) is 17.2. The Balaban J connectivity index is 1.50. The van der Waals surface area contributed by atoms with Crippen LogP contribution in [0.15, 0.2) is 41.7 Å². The second-order valence-electron chi connectivity index (χ2n) is 7.44. The zero-order chi connectivity index (χ0) is 20.5. The number of carbonyl (C=O) groups is 1. The van der Waals surface area contributed by atoms with Gasteiger partial charge in [-0.1, -0.05) is 6.07 Å². The summed E-state index contributed by atoms with van der Waals surface area (Å²) in [6.07, 6.45) is 0.840. The van der Waals surface area contributed by atoms with Crippen LogP contribution in [-0.4, -0.2) is 38.2 Å². The van der Waals surface area contributed by atoms with Gasteiger partial charge in [-0.05, 0) is 55.7 Å². The molecule has 2 heterocycles. The summed E-state index contributed by atoms with van der Waals surface area (Å²) in [6.45, 7) is 5.76. The van der Waals surface area contributed by atoms with Gasteiger partial charge < -0.3 is 18.9 Å². The molecule has 0 aromatic heterocycles. The van der Waals surface area contributed by atoms with Crippen LogP contribution in [0.25, 0.3) is 0 Å². The first kappa shape index (κ1) is 19.3. The van der Waals surface area contributed by atoms with E-state index in [1.165, 1.54) is 0 Å². The number of ketones is 1. The highest BCUT2D eigenvalue weighted by Crippen LogP contribution is 2.42. The highest BCUT2D eigenvalue weighted by Gasteiger charge is 2.34. The minimum atomic E-state index is -0.0507. The highest BCUT2D eigenvalue weighted by molar-refractivity contribution is 6.13. The number of hydrogen-bond acceptors (Lipinski definition) is 6. The molecule has 2 aliphatic rings. The van der Waals surface area contributed by atoms with Crippen molar-refractivity contribution in [2.24, 2.45) is 0 Å². The first-order valence-corrected chi connectivity index (χ1v) is 9.63. The third-order valence-corrected chi connectivity index (χ3v) is 5.28. The maximum Gasteiger partial charge on any atom is 0.231 e. The van der Waals surface area contributed by atoms with Crippen molar-refractivity contribution in [1.82, 2.24) is 4.90 Å². The summed E-state index contributed by atoms with van der Waals surface area (Å²) in [7, 11) is 3.27. The summed E-state index contributed by atoms with van der Waals surface area (Å²) < 4.78 is 22.6. The van der Waals surface area contributed by atoms with Crippen molar-refractivity contribution in [2.75, 3.05) is 27.5 Å². The molecule has 0 saturated carbocycles. The number of allylic oxidation sites excluding steroid dienone is 2. The van der Waals surface area contributed by atoms with Crippen molar-refractivity contribution in [1.29, 1.82) is 0 Å². The van der Waals surface area contributed by atoms with E-state index < -0.39 is 0 Å². The molecule has 4 rings (SSSR count). The maximum atomic E-state index is 12.6. The van der Waals surface area contributed by atoms with Gasteiger partial charge >= 0.3 is 0 Å². The summed E-state index contributed by atoms with van der Waals surface area (Å²) in [5.41, 5.74) is 3.59. The van der Waals surface area contributed by atoms with Crippen LogP contribution >= 0.6 is 0 Å². The van der Waals surface area contributed by atoms with Crippen molar-refractivity contribution in [3.63, 3.8) is 0 Å². The molecule has 2 aliphatic heterocycles. The van der Waals surface area contributed by atoms with E-state index in [0.29, 0.717) is 30.3 Å². The fraction of sp³-hybridized carbons (Fsp3) is 0.348. The molecule has 0 atom stereocenters. The number of ether oxygens (including phenoxy) is 4. The topological polar surface area (TPSA) is 57.2 Å². The van der Waals surface area contributed by atoms with E-state index in [9.17, 15) is 4.79 Å². The van der Waals surface area contributed by atoms with Crippen molar-refractivity contribution < 1.29 is 23.7 Å². The van der Waals surface area contributed by atoms with Gasteiger partial charge in [0.1, 0.15) is 18.2 Å². The van der Waals surface area contributed by atoms with Crippen molar-refractivity contribution in [3.05, 3.63) is 58.4 Å². The lowest BCUT2D eigenvalue weighted by molar-refractivity contribution is 0.0949. The molecule has 29 heavy (non-hydrogen) atoms. The average Bonchev–Trinajstić information content (AvgIpc) is 3.09. The number of methoxy groups -OCH3 is 2. The van der Waals surface area contributed by atoms with Gasteiger partial charge in [0.2, 0.25) is 5.78 Å². The van der Waals surface area contributed by atoms with Gasteiger partial charge in [-0.2, -0.15) is 0 Å². The van der Waals surface area contributed by atoms with Gasteiger partial charge in [0.05, 0.1) is 25.3 Å². The Kier molecular flexibility index (Phi) is 5.20. The lowest BCUT2D eigenvalue weighted by Crippen LogP contribution is -2.33. The van der Waals surface area contributed by atoms with Crippen molar-refractivity contribution in [3.8, 4) is 23.0 Å². The number of hydrogen-bond donors (Lipinski definition) is 0. The summed E-state index contributed by atoms with van der Waals surface area (Å²) >= 11 is 0. The van der Waals surface area contributed by atoms with E-state index in [-0.39, 0.29) is 5.78 Å². The van der Waals surface area contributed by atoms with Crippen LogP contribution in [0.1, 0.15) is 35.3 Å². The Hall–Kier alpha value is -2.99. The predicted octanol–water partition coefficient (Wildman–Crippen LogP) is 3.97. The smallest absolute Gasteiger partial charge is 0.231 e. The second kappa shape index (κ2) is 7.79. The predicted molar refractivity (Wildman–Crippen MR) is 109 cm³/mol. The molecule has 0 radical (unpaired) electrons. The van der Waals surface area contributed by atoms with Crippen LogP contribution in [0.4, 0.5) is 0 Å². The largest absolute Gasteiger partial charge is 0.493 e. The molecule has 0 aliphatic carbocycles. The van der Waals surface area contributed by atoms with Gasteiger partial charge in [0.25, 0.3) is 0 Å². The van der Waals surface area contributed by atoms with Crippen LogP contribution in [0.2, 0.25) is 0 Å². The maximum absolute atomic E-state index is 12.6. The molecule has 0 saturated heterocycles. The molecule has 0 unspecified atom stereocenters. The van der Waals surface area contributed by atoms with E-state index in [0.717, 1.165) is 46.9 Å². The number of fused-ring (bicyclic) bond motifs is 3. The third kappa shape index (κ3) is 3.56. The minimum Gasteiger partial charge on any atom is -0.493 e. The number of Topliss-reactive ketones (excluding diaryl/α,β-unsaturated/α-hetero) is 1. The van der Waals surface area contributed by atoms with Crippen LogP contribution in [0, 0.1) is 0 Å². The number of benzene rings is 2. The molecule has 6 heteroatoms. The third-order valence-electron chi connectivity index (χ3n) is 5.28. The molecule has 6 nitrogen and oxygen atoms in total. The molecular formula is C23H25NO5. The molecule has 0 spiro atoms. The number of nitrogens with zero attached hydrogens (tertiary/aromatic N) is 1. The first-order chi connectivity index (χ1) is 14.0. The van der Waals surface area contributed by atoms with Crippen LogP contribution in [-0.2, 0) is 13.0 Å². The number of rotatable bonds is 5. The second-order valence-corrected chi connectivity index (χ2v) is 7.44. The Morgan fingerprint density at radius 3 is 2.62 bits per heavy atom. The monoisotopic (exact) mass is 395 g/mol. The fourth-order valence-electron chi connectivity index (χ4n) is 3.69. The normalized spacial score (nSPS) is 15.3. The Morgan fingerprint density at radius 1 is 1.10 bits per heavy atom. The van der Waals surface area contributed by atoms with E-state index >= 15 is 0 Å². The lowest BCUT2D eigenvalue weighted by atomic mass is 10.0. The summed E-state index contributed by atoms with van der Waals surface area (Å²) in [5.74, 6) is 3.25. The Bertz CT molecular complexity index is 991. The van der Waals surface area contributed by atoms with E-state index in [1.807, 2.05) is 38.1 Å². The van der Waals surface area contributed by atoms with Crippen LogP contribution in [0.5, 0.6) is 23.0 Å². The molecule has 0 bridgehead atoms. The van der Waals surface area contributed by atoms with Crippen molar-refractivity contribution in [2.45, 2.75) is 26.8 Å². The van der Waals surface area contributed by atoms with Gasteiger partial charge in [-0.3, -0.25) is 9.69 Å². The number of carbonyl (C=O) groups excluding carboxylic acids is 1. The minimum absolute atomic E-state index is 0.0507. The Morgan fingerprint density at radius 2 is 1.90 bits per heavy atom. The fourth-order valence-corrected chi connectivity index (χ4v) is 3.69. The van der Waals surface area contributed by atoms with E-state index in [1.54, 1.807) is 20.3 Å². The zero-order valence-electron chi connectivity index (χ0n) is 17.2. The summed E-state index contributed by atoms with van der Waals surface area (Å²) in [6, 6.07) is 9.63. The van der Waals surface area contributed by atoms with Crippen LogP contribution < -0.4 is 18.9 Å². The van der Waals surface area contributed by atoms with E-state index in [2.05, 4.69) is 4.90 Å². The first-order valence-electron chi connectivity index (χ1n) is 9.63. The summed E-state index contributed by atoms with van der Waals surface area (Å²) in [4.78, 5) is 14.8. The molecule has 0 N–H and O–H groups in total. The molecule has 152 valence electrons. The molecular weight excluding hydrogens is 370 g/mol. The molecule has 0 amide bonds. The van der Waals surface area contributed by atoms with Gasteiger partial charge in [0.15, 0.2) is 17.3 Å². The molecule has 0 fully saturated rings. The van der Waals surface area contributed by atoms with Crippen molar-refractivity contribution >= 4 is 5.78 Å². The standard InChI is InChI=1S/C23H25NO5/c1-14(2)22-21(25)16-6-8-18-17(23(16)29-22)12-24(13-28-18)10-9-15-5-7-19(26-3)20(11-15)27-4/h5-8,11H,9-10,12-13H2,1-4H3. The Labute approximate surface area is 170 Å².